The van der Waals surface area contributed by atoms with Crippen LogP contribution in [0.15, 0.2) is 23.3 Å². The maximum atomic E-state index is 4.41. The zero-order valence-electron chi connectivity index (χ0n) is 11.4. The standard InChI is InChI=1S/C13H17N5S2/c1-17(7-11-8-20-10-16-11)12-6-13(15-9-14-12)18-2-4-19-5-3-18/h6,8-10H,2-5,7H2,1H3. The second kappa shape index (κ2) is 6.41. The Kier molecular flexibility index (Phi) is 4.37. The van der Waals surface area contributed by atoms with E-state index in [2.05, 4.69) is 36.2 Å². The Morgan fingerprint density at radius 2 is 2.10 bits per heavy atom. The monoisotopic (exact) mass is 307 g/mol. The average Bonchev–Trinajstić information content (AvgIpc) is 3.01. The highest BCUT2D eigenvalue weighted by Gasteiger charge is 2.14. The lowest BCUT2D eigenvalue weighted by Gasteiger charge is -2.28. The lowest BCUT2D eigenvalue weighted by atomic mass is 10.4. The Labute approximate surface area is 127 Å². The van der Waals surface area contributed by atoms with E-state index >= 15 is 0 Å². The molecule has 1 saturated heterocycles. The van der Waals surface area contributed by atoms with Gasteiger partial charge in [0.2, 0.25) is 0 Å². The minimum atomic E-state index is 0.774. The number of thiazole rings is 1. The van der Waals surface area contributed by atoms with E-state index in [0.29, 0.717) is 0 Å². The van der Waals surface area contributed by atoms with Gasteiger partial charge in [-0.25, -0.2) is 15.0 Å². The quantitative estimate of drug-likeness (QED) is 0.862. The van der Waals surface area contributed by atoms with Crippen molar-refractivity contribution in [1.82, 2.24) is 15.0 Å². The van der Waals surface area contributed by atoms with Gasteiger partial charge in [0, 0.05) is 43.1 Å². The fourth-order valence-electron chi connectivity index (χ4n) is 2.15. The molecule has 106 valence electrons. The topological polar surface area (TPSA) is 45.2 Å². The van der Waals surface area contributed by atoms with E-state index in [9.17, 15) is 0 Å². The SMILES string of the molecule is CN(Cc1cscn1)c1cc(N2CCSCC2)ncn1. The summed E-state index contributed by atoms with van der Waals surface area (Å²) < 4.78 is 0. The summed E-state index contributed by atoms with van der Waals surface area (Å²) >= 11 is 3.63. The molecule has 20 heavy (non-hydrogen) atoms. The molecule has 0 N–H and O–H groups in total. The van der Waals surface area contributed by atoms with Gasteiger partial charge in [-0.3, -0.25) is 0 Å². The predicted molar refractivity (Wildman–Crippen MR) is 85.8 cm³/mol. The van der Waals surface area contributed by atoms with Crippen molar-refractivity contribution in [1.29, 1.82) is 0 Å². The average molecular weight is 307 g/mol. The molecule has 0 unspecified atom stereocenters. The first-order valence-corrected chi connectivity index (χ1v) is 8.65. The van der Waals surface area contributed by atoms with E-state index < -0.39 is 0 Å². The zero-order chi connectivity index (χ0) is 13.8. The molecule has 7 heteroatoms. The van der Waals surface area contributed by atoms with Crippen LogP contribution in [0.2, 0.25) is 0 Å². The van der Waals surface area contributed by atoms with Crippen molar-refractivity contribution in [3.8, 4) is 0 Å². The molecule has 0 radical (unpaired) electrons. The van der Waals surface area contributed by atoms with E-state index in [0.717, 1.165) is 37.0 Å². The summed E-state index contributed by atoms with van der Waals surface area (Å²) in [5.41, 5.74) is 2.94. The van der Waals surface area contributed by atoms with Crippen molar-refractivity contribution in [3.05, 3.63) is 29.0 Å². The molecule has 1 aliphatic heterocycles. The number of hydrogen-bond acceptors (Lipinski definition) is 7. The molecule has 0 amide bonds. The van der Waals surface area contributed by atoms with Crippen molar-refractivity contribution in [2.75, 3.05) is 41.4 Å². The van der Waals surface area contributed by atoms with Crippen LogP contribution in [0, 0.1) is 0 Å². The third-order valence-corrected chi connectivity index (χ3v) is 4.82. The fraction of sp³-hybridized carbons (Fsp3) is 0.462. The van der Waals surface area contributed by atoms with Crippen LogP contribution in [0.1, 0.15) is 5.69 Å². The first-order chi connectivity index (χ1) is 9.83. The van der Waals surface area contributed by atoms with Gasteiger partial charge in [0.1, 0.15) is 18.0 Å². The Bertz CT molecular complexity index is 539. The molecule has 3 rings (SSSR count). The van der Waals surface area contributed by atoms with Crippen molar-refractivity contribution in [2.45, 2.75) is 6.54 Å². The van der Waals surface area contributed by atoms with E-state index in [1.807, 2.05) is 24.3 Å². The molecule has 0 saturated carbocycles. The lowest BCUT2D eigenvalue weighted by molar-refractivity contribution is 0.823. The van der Waals surface area contributed by atoms with Gasteiger partial charge in [-0.1, -0.05) is 0 Å². The van der Waals surface area contributed by atoms with Gasteiger partial charge in [-0.05, 0) is 0 Å². The maximum Gasteiger partial charge on any atom is 0.134 e. The Morgan fingerprint density at radius 1 is 1.25 bits per heavy atom. The molecule has 0 spiro atoms. The molecule has 5 nitrogen and oxygen atoms in total. The Balaban J connectivity index is 1.72. The van der Waals surface area contributed by atoms with Crippen molar-refractivity contribution >= 4 is 34.7 Å². The molecule has 1 fully saturated rings. The summed E-state index contributed by atoms with van der Waals surface area (Å²) in [6, 6.07) is 2.07. The van der Waals surface area contributed by atoms with Gasteiger partial charge in [0.05, 0.1) is 17.7 Å². The van der Waals surface area contributed by atoms with E-state index in [-0.39, 0.29) is 0 Å². The molecule has 1 aliphatic rings. The van der Waals surface area contributed by atoms with Crippen molar-refractivity contribution in [2.24, 2.45) is 0 Å². The summed E-state index contributed by atoms with van der Waals surface area (Å²) in [5.74, 6) is 4.32. The van der Waals surface area contributed by atoms with Crippen LogP contribution >= 0.6 is 23.1 Å². The molecule has 2 aromatic heterocycles. The van der Waals surface area contributed by atoms with Gasteiger partial charge in [-0.2, -0.15) is 11.8 Å². The third-order valence-electron chi connectivity index (χ3n) is 3.25. The van der Waals surface area contributed by atoms with Gasteiger partial charge >= 0.3 is 0 Å². The number of anilines is 2. The Hall–Kier alpha value is -1.34. The van der Waals surface area contributed by atoms with Crippen LogP contribution in [0.3, 0.4) is 0 Å². The number of rotatable bonds is 4. The molecule has 2 aromatic rings. The van der Waals surface area contributed by atoms with Crippen LogP contribution in [-0.4, -0.2) is 46.6 Å². The van der Waals surface area contributed by atoms with Gasteiger partial charge in [0.25, 0.3) is 0 Å². The van der Waals surface area contributed by atoms with Gasteiger partial charge in [-0.15, -0.1) is 11.3 Å². The van der Waals surface area contributed by atoms with Gasteiger partial charge in [0.15, 0.2) is 0 Å². The van der Waals surface area contributed by atoms with Crippen LogP contribution in [-0.2, 0) is 6.54 Å². The highest BCUT2D eigenvalue weighted by molar-refractivity contribution is 7.99. The summed E-state index contributed by atoms with van der Waals surface area (Å²) in [5, 5.41) is 2.07. The molecule has 0 bridgehead atoms. The summed E-state index contributed by atoms with van der Waals surface area (Å²) in [7, 11) is 2.04. The number of hydrogen-bond donors (Lipinski definition) is 0. The van der Waals surface area contributed by atoms with E-state index in [4.69, 9.17) is 0 Å². The summed E-state index contributed by atoms with van der Waals surface area (Å²) in [4.78, 5) is 17.5. The number of nitrogens with zero attached hydrogens (tertiary/aromatic N) is 5. The molecule has 0 aliphatic carbocycles. The first-order valence-electron chi connectivity index (χ1n) is 6.56. The predicted octanol–water partition coefficient (Wildman–Crippen LogP) is 2.12. The summed E-state index contributed by atoms with van der Waals surface area (Å²) in [6.07, 6.45) is 1.66. The number of aromatic nitrogens is 3. The molecule has 0 aromatic carbocycles. The first kappa shape index (κ1) is 13.6. The lowest BCUT2D eigenvalue weighted by Crippen LogP contribution is -2.33. The largest absolute Gasteiger partial charge is 0.355 e. The normalized spacial score (nSPS) is 15.3. The molecule has 0 atom stereocenters. The maximum absolute atomic E-state index is 4.41. The van der Waals surface area contributed by atoms with Crippen LogP contribution in [0.5, 0.6) is 0 Å². The zero-order valence-corrected chi connectivity index (χ0v) is 13.0. The minimum absolute atomic E-state index is 0.774. The smallest absolute Gasteiger partial charge is 0.134 e. The Morgan fingerprint density at radius 3 is 2.85 bits per heavy atom. The summed E-state index contributed by atoms with van der Waals surface area (Å²) in [6.45, 7) is 2.91. The van der Waals surface area contributed by atoms with Gasteiger partial charge < -0.3 is 9.80 Å². The second-order valence-electron chi connectivity index (χ2n) is 4.67. The van der Waals surface area contributed by atoms with E-state index in [1.54, 1.807) is 17.7 Å². The van der Waals surface area contributed by atoms with Crippen molar-refractivity contribution in [3.63, 3.8) is 0 Å². The van der Waals surface area contributed by atoms with Crippen LogP contribution in [0.25, 0.3) is 0 Å². The van der Waals surface area contributed by atoms with Crippen molar-refractivity contribution < 1.29 is 0 Å². The minimum Gasteiger partial charge on any atom is -0.355 e. The molecule has 3 heterocycles. The highest BCUT2D eigenvalue weighted by atomic mass is 32.2. The molecular formula is C13H17N5S2. The van der Waals surface area contributed by atoms with Crippen LogP contribution < -0.4 is 9.80 Å². The molecular weight excluding hydrogens is 290 g/mol. The van der Waals surface area contributed by atoms with Crippen LogP contribution in [0.4, 0.5) is 11.6 Å². The highest BCUT2D eigenvalue weighted by Crippen LogP contribution is 2.21. The number of thioether (sulfide) groups is 1. The second-order valence-corrected chi connectivity index (χ2v) is 6.61. The fourth-order valence-corrected chi connectivity index (χ4v) is 3.60. The van der Waals surface area contributed by atoms with E-state index in [1.165, 1.54) is 11.5 Å². The third kappa shape index (κ3) is 3.21.